The van der Waals surface area contributed by atoms with Crippen LogP contribution in [0.4, 0.5) is 5.69 Å². The van der Waals surface area contributed by atoms with Crippen LogP contribution in [0.3, 0.4) is 0 Å². The molecule has 0 aliphatic rings. The Kier molecular flexibility index (Phi) is 2.65. The van der Waals surface area contributed by atoms with Crippen molar-refractivity contribution in [3.8, 4) is 5.75 Å². The average molecular weight is 195 g/mol. The van der Waals surface area contributed by atoms with E-state index in [0.29, 0.717) is 5.56 Å². The van der Waals surface area contributed by atoms with E-state index >= 15 is 0 Å². The molecule has 0 heterocycles. The first-order valence-electron chi connectivity index (χ1n) is 4.25. The molecule has 0 saturated heterocycles. The summed E-state index contributed by atoms with van der Waals surface area (Å²) in [6.45, 7) is 3.31. The first kappa shape index (κ1) is 10.4. The highest BCUT2D eigenvalue weighted by Gasteiger charge is 2.19. The van der Waals surface area contributed by atoms with Crippen LogP contribution in [0.2, 0.25) is 0 Å². The smallest absolute Gasteiger partial charge is 0.310 e. The number of aryl methyl sites for hydroxylation is 1. The number of nitrogens with two attached hydrogens (primary N) is 1. The predicted octanol–water partition coefficient (Wildman–Crippen LogP) is 1.47. The predicted molar refractivity (Wildman–Crippen MR) is 53.3 cm³/mol. The number of phenolic OH excluding ortho intramolecular Hbond substituents is 1. The molecule has 0 radical (unpaired) electrons. The summed E-state index contributed by atoms with van der Waals surface area (Å²) in [7, 11) is 0. The molecule has 14 heavy (non-hydrogen) atoms. The third kappa shape index (κ3) is 1.79. The zero-order valence-electron chi connectivity index (χ0n) is 8.11. The van der Waals surface area contributed by atoms with Crippen molar-refractivity contribution in [2.75, 3.05) is 5.73 Å². The normalized spacial score (nSPS) is 12.4. The number of rotatable bonds is 2. The van der Waals surface area contributed by atoms with Gasteiger partial charge in [0, 0.05) is 5.56 Å². The molecule has 4 nitrogen and oxygen atoms in total. The van der Waals surface area contributed by atoms with E-state index in [1.165, 1.54) is 6.92 Å². The maximum absolute atomic E-state index is 10.7. The van der Waals surface area contributed by atoms with E-state index in [9.17, 15) is 9.90 Å². The number of benzene rings is 1. The van der Waals surface area contributed by atoms with Gasteiger partial charge in [-0.1, -0.05) is 6.07 Å². The number of phenols is 1. The number of aliphatic carboxylic acids is 1. The van der Waals surface area contributed by atoms with E-state index < -0.39 is 11.9 Å². The molecule has 1 aromatic carbocycles. The lowest BCUT2D eigenvalue weighted by atomic mass is 9.97. The monoisotopic (exact) mass is 195 g/mol. The third-order valence-electron chi connectivity index (χ3n) is 2.15. The van der Waals surface area contributed by atoms with E-state index in [0.717, 1.165) is 5.56 Å². The first-order chi connectivity index (χ1) is 6.43. The number of carbonyl (C=O) groups is 1. The summed E-state index contributed by atoms with van der Waals surface area (Å²) in [5.74, 6) is -1.87. The SMILES string of the molecule is Cc1cc(N)c(O)c(C(C)C(=O)O)c1. The molecule has 0 aliphatic heterocycles. The van der Waals surface area contributed by atoms with Crippen molar-refractivity contribution in [2.45, 2.75) is 19.8 Å². The molecule has 1 rings (SSSR count). The molecule has 0 bridgehead atoms. The molecule has 1 unspecified atom stereocenters. The van der Waals surface area contributed by atoms with Gasteiger partial charge in [-0.05, 0) is 25.5 Å². The first-order valence-corrected chi connectivity index (χ1v) is 4.25. The van der Waals surface area contributed by atoms with E-state index in [-0.39, 0.29) is 11.4 Å². The minimum absolute atomic E-state index is 0.134. The van der Waals surface area contributed by atoms with Gasteiger partial charge in [-0.2, -0.15) is 0 Å². The lowest BCUT2D eigenvalue weighted by Crippen LogP contribution is -2.08. The number of nitrogen functional groups attached to an aromatic ring is 1. The van der Waals surface area contributed by atoms with Crippen LogP contribution in [-0.2, 0) is 4.79 Å². The van der Waals surface area contributed by atoms with E-state index in [1.54, 1.807) is 19.1 Å². The number of hydrogen-bond donors (Lipinski definition) is 3. The number of hydrogen-bond acceptors (Lipinski definition) is 3. The van der Waals surface area contributed by atoms with Crippen molar-refractivity contribution in [3.63, 3.8) is 0 Å². The quantitative estimate of drug-likeness (QED) is 0.493. The minimum atomic E-state index is -0.981. The molecule has 0 amide bonds. The van der Waals surface area contributed by atoms with Gasteiger partial charge >= 0.3 is 5.97 Å². The summed E-state index contributed by atoms with van der Waals surface area (Å²) in [4.78, 5) is 10.7. The Bertz CT molecular complexity index is 374. The molecule has 0 saturated carbocycles. The van der Waals surface area contributed by atoms with E-state index in [2.05, 4.69) is 0 Å². The lowest BCUT2D eigenvalue weighted by Gasteiger charge is -2.11. The highest BCUT2D eigenvalue weighted by Crippen LogP contribution is 2.32. The fourth-order valence-corrected chi connectivity index (χ4v) is 1.30. The van der Waals surface area contributed by atoms with Crippen LogP contribution in [0, 0.1) is 6.92 Å². The zero-order valence-corrected chi connectivity index (χ0v) is 8.11. The van der Waals surface area contributed by atoms with Gasteiger partial charge < -0.3 is 15.9 Å². The fourth-order valence-electron chi connectivity index (χ4n) is 1.30. The van der Waals surface area contributed by atoms with Crippen LogP contribution in [0.15, 0.2) is 12.1 Å². The molecular formula is C10H13NO3. The number of aromatic hydroxyl groups is 1. The van der Waals surface area contributed by atoms with Crippen LogP contribution >= 0.6 is 0 Å². The highest BCUT2D eigenvalue weighted by molar-refractivity contribution is 5.78. The van der Waals surface area contributed by atoms with Crippen LogP contribution in [-0.4, -0.2) is 16.2 Å². The van der Waals surface area contributed by atoms with Crippen molar-refractivity contribution in [1.29, 1.82) is 0 Å². The van der Waals surface area contributed by atoms with E-state index in [4.69, 9.17) is 10.8 Å². The van der Waals surface area contributed by atoms with E-state index in [1.807, 2.05) is 0 Å². The molecule has 1 aromatic rings. The van der Waals surface area contributed by atoms with Gasteiger partial charge in [-0.15, -0.1) is 0 Å². The molecule has 0 aromatic heterocycles. The third-order valence-corrected chi connectivity index (χ3v) is 2.15. The standard InChI is InChI=1S/C10H13NO3/c1-5-3-7(6(2)10(13)14)9(12)8(11)4-5/h3-4,6,12H,11H2,1-2H3,(H,13,14). The molecule has 4 heteroatoms. The molecular weight excluding hydrogens is 182 g/mol. The Balaban J connectivity index is 3.26. The molecule has 0 spiro atoms. The lowest BCUT2D eigenvalue weighted by molar-refractivity contribution is -0.138. The Hall–Kier alpha value is -1.71. The van der Waals surface area contributed by atoms with Gasteiger partial charge in [0.1, 0.15) is 5.75 Å². The summed E-state index contributed by atoms with van der Waals surface area (Å²) in [5.41, 5.74) is 6.93. The molecule has 1 atom stereocenters. The molecule has 76 valence electrons. The minimum Gasteiger partial charge on any atom is -0.505 e. The van der Waals surface area contributed by atoms with Gasteiger partial charge in [-0.3, -0.25) is 4.79 Å². The number of carboxylic acid groups (broad SMARTS) is 1. The van der Waals surface area contributed by atoms with Gasteiger partial charge in [0.05, 0.1) is 11.6 Å². The summed E-state index contributed by atoms with van der Waals surface area (Å²) < 4.78 is 0. The van der Waals surface area contributed by atoms with Gasteiger partial charge in [0.2, 0.25) is 0 Å². The van der Waals surface area contributed by atoms with Crippen LogP contribution in [0.1, 0.15) is 24.0 Å². The van der Waals surface area contributed by atoms with Crippen molar-refractivity contribution in [3.05, 3.63) is 23.3 Å². The molecule has 0 aliphatic carbocycles. The second kappa shape index (κ2) is 3.57. The highest BCUT2D eigenvalue weighted by atomic mass is 16.4. The van der Waals surface area contributed by atoms with Crippen LogP contribution in [0.5, 0.6) is 5.75 Å². The number of carboxylic acids is 1. The topological polar surface area (TPSA) is 83.5 Å². The van der Waals surface area contributed by atoms with Crippen LogP contribution in [0.25, 0.3) is 0 Å². The largest absolute Gasteiger partial charge is 0.505 e. The van der Waals surface area contributed by atoms with Gasteiger partial charge in [0.25, 0.3) is 0 Å². The van der Waals surface area contributed by atoms with Crippen molar-refractivity contribution >= 4 is 11.7 Å². The number of anilines is 1. The maximum atomic E-state index is 10.7. The van der Waals surface area contributed by atoms with Gasteiger partial charge in [0.15, 0.2) is 0 Å². The Morgan fingerprint density at radius 2 is 2.07 bits per heavy atom. The van der Waals surface area contributed by atoms with Crippen molar-refractivity contribution in [1.82, 2.24) is 0 Å². The maximum Gasteiger partial charge on any atom is 0.310 e. The Morgan fingerprint density at radius 1 is 1.50 bits per heavy atom. The van der Waals surface area contributed by atoms with Crippen LogP contribution < -0.4 is 5.73 Å². The van der Waals surface area contributed by atoms with Gasteiger partial charge in [-0.25, -0.2) is 0 Å². The Labute approximate surface area is 82.0 Å². The summed E-state index contributed by atoms with van der Waals surface area (Å²) in [6, 6.07) is 3.23. The van der Waals surface area contributed by atoms with Crippen molar-refractivity contribution < 1.29 is 15.0 Å². The summed E-state index contributed by atoms with van der Waals surface area (Å²) >= 11 is 0. The van der Waals surface area contributed by atoms with Crippen molar-refractivity contribution in [2.24, 2.45) is 0 Å². The summed E-state index contributed by atoms with van der Waals surface area (Å²) in [6.07, 6.45) is 0. The Morgan fingerprint density at radius 3 is 2.57 bits per heavy atom. The second-order valence-corrected chi connectivity index (χ2v) is 3.35. The zero-order chi connectivity index (χ0) is 10.9. The fraction of sp³-hybridized carbons (Fsp3) is 0.300. The molecule has 4 N–H and O–H groups in total. The average Bonchev–Trinajstić information content (AvgIpc) is 2.09. The second-order valence-electron chi connectivity index (χ2n) is 3.35. The molecule has 0 fully saturated rings. The summed E-state index contributed by atoms with van der Waals surface area (Å²) in [5, 5.41) is 18.3.